The lowest BCUT2D eigenvalue weighted by Gasteiger charge is -2.23. The zero-order valence-corrected chi connectivity index (χ0v) is 11.3. The van der Waals surface area contributed by atoms with Gasteiger partial charge in [-0.25, -0.2) is 0 Å². The number of hydrogen-bond donors (Lipinski definition) is 2. The van der Waals surface area contributed by atoms with Crippen LogP contribution in [0.4, 0.5) is 0 Å². The fourth-order valence-corrected chi connectivity index (χ4v) is 3.19. The van der Waals surface area contributed by atoms with E-state index in [1.165, 1.54) is 6.42 Å². The van der Waals surface area contributed by atoms with Crippen LogP contribution in [-0.2, 0) is 4.79 Å². The molecule has 0 aromatic rings. The molecule has 2 unspecified atom stereocenters. The maximum atomic E-state index is 11.9. The number of carbonyl (C=O) groups excluding carboxylic acids is 1. The highest BCUT2D eigenvalue weighted by atomic mass is 32.2. The highest BCUT2D eigenvalue weighted by molar-refractivity contribution is 8.00. The van der Waals surface area contributed by atoms with Gasteiger partial charge in [0.1, 0.15) is 0 Å². The van der Waals surface area contributed by atoms with E-state index < -0.39 is 0 Å². The Bertz CT molecular complexity index is 252. The zero-order chi connectivity index (χ0) is 12.0. The van der Waals surface area contributed by atoms with Crippen LogP contribution >= 0.6 is 24.0 Å². The third-order valence-electron chi connectivity index (χ3n) is 2.76. The molecule has 0 aromatic heterocycles. The highest BCUT2D eigenvalue weighted by Crippen LogP contribution is 2.25. The molecule has 1 amide bonds. The molecule has 1 aliphatic rings. The van der Waals surface area contributed by atoms with E-state index in [4.69, 9.17) is 18.0 Å². The maximum absolute atomic E-state index is 11.9. The molecule has 5 heteroatoms. The molecule has 0 aliphatic carbocycles. The quantitative estimate of drug-likeness (QED) is 0.741. The van der Waals surface area contributed by atoms with Gasteiger partial charge in [-0.3, -0.25) is 4.79 Å². The van der Waals surface area contributed by atoms with Gasteiger partial charge in [0.15, 0.2) is 0 Å². The largest absolute Gasteiger partial charge is 0.393 e. The Hall–Kier alpha value is -0.290. The van der Waals surface area contributed by atoms with E-state index in [2.05, 4.69) is 5.32 Å². The standard InChI is InChI=1S/C11H20N2OS2/c1-2-8(7-10(12)15)13-11(14)9-5-3-4-6-16-9/h8-9H,2-7H2,1H3,(H2,12,15)(H,13,14). The number of carbonyl (C=O) groups is 1. The second-order valence-electron chi connectivity index (χ2n) is 4.14. The monoisotopic (exact) mass is 260 g/mol. The summed E-state index contributed by atoms with van der Waals surface area (Å²) in [6.07, 6.45) is 4.88. The third-order valence-corrected chi connectivity index (χ3v) is 4.30. The minimum Gasteiger partial charge on any atom is -0.393 e. The lowest BCUT2D eigenvalue weighted by molar-refractivity contribution is -0.121. The first-order valence-corrected chi connectivity index (χ1v) is 7.29. The van der Waals surface area contributed by atoms with Gasteiger partial charge in [0.2, 0.25) is 5.91 Å². The molecular weight excluding hydrogens is 240 g/mol. The summed E-state index contributed by atoms with van der Waals surface area (Å²) < 4.78 is 0. The number of amides is 1. The summed E-state index contributed by atoms with van der Waals surface area (Å²) in [5.74, 6) is 1.26. The van der Waals surface area contributed by atoms with Gasteiger partial charge in [-0.2, -0.15) is 0 Å². The van der Waals surface area contributed by atoms with Crippen molar-refractivity contribution in [3.8, 4) is 0 Å². The SMILES string of the molecule is CCC(CC(N)=S)NC(=O)C1CCCCS1. The van der Waals surface area contributed by atoms with E-state index in [9.17, 15) is 4.79 Å². The average Bonchev–Trinajstić information content (AvgIpc) is 2.28. The first-order valence-electron chi connectivity index (χ1n) is 5.83. The van der Waals surface area contributed by atoms with Gasteiger partial charge in [-0.15, -0.1) is 11.8 Å². The molecule has 1 fully saturated rings. The summed E-state index contributed by atoms with van der Waals surface area (Å²) in [7, 11) is 0. The predicted octanol–water partition coefficient (Wildman–Crippen LogP) is 1.84. The molecule has 1 rings (SSSR count). The number of thioether (sulfide) groups is 1. The molecule has 0 aromatic carbocycles. The van der Waals surface area contributed by atoms with Crippen molar-refractivity contribution in [2.24, 2.45) is 5.73 Å². The molecule has 92 valence electrons. The Morgan fingerprint density at radius 2 is 2.38 bits per heavy atom. The normalized spacial score (nSPS) is 22.4. The first-order chi connectivity index (χ1) is 7.63. The lowest BCUT2D eigenvalue weighted by atomic mass is 10.1. The fourth-order valence-electron chi connectivity index (χ4n) is 1.78. The van der Waals surface area contributed by atoms with Crippen LogP contribution in [0.15, 0.2) is 0 Å². The Kier molecular flexibility index (Phi) is 6.13. The van der Waals surface area contributed by atoms with Crippen LogP contribution in [0.5, 0.6) is 0 Å². The molecule has 1 heterocycles. The smallest absolute Gasteiger partial charge is 0.233 e. The second-order valence-corrected chi connectivity index (χ2v) is 5.97. The number of hydrogen-bond acceptors (Lipinski definition) is 3. The number of rotatable bonds is 5. The zero-order valence-electron chi connectivity index (χ0n) is 9.70. The minimum atomic E-state index is 0.104. The minimum absolute atomic E-state index is 0.104. The van der Waals surface area contributed by atoms with E-state index in [1.807, 2.05) is 6.92 Å². The van der Waals surface area contributed by atoms with E-state index in [-0.39, 0.29) is 17.2 Å². The van der Waals surface area contributed by atoms with Gasteiger partial charge in [0, 0.05) is 12.5 Å². The van der Waals surface area contributed by atoms with Crippen LogP contribution < -0.4 is 11.1 Å². The van der Waals surface area contributed by atoms with Crippen LogP contribution in [0.25, 0.3) is 0 Å². The molecule has 3 nitrogen and oxygen atoms in total. The van der Waals surface area contributed by atoms with E-state index >= 15 is 0 Å². The van der Waals surface area contributed by atoms with Gasteiger partial charge in [-0.05, 0) is 25.0 Å². The van der Waals surface area contributed by atoms with E-state index in [0.717, 1.165) is 25.0 Å². The fraction of sp³-hybridized carbons (Fsp3) is 0.818. The van der Waals surface area contributed by atoms with Crippen molar-refractivity contribution in [2.75, 3.05) is 5.75 Å². The van der Waals surface area contributed by atoms with Gasteiger partial charge in [-0.1, -0.05) is 25.6 Å². The summed E-state index contributed by atoms with van der Waals surface area (Å²) in [5.41, 5.74) is 5.50. The molecule has 3 N–H and O–H groups in total. The number of nitrogens with one attached hydrogen (secondary N) is 1. The molecular formula is C11H20N2OS2. The molecule has 2 atom stereocenters. The van der Waals surface area contributed by atoms with Gasteiger partial charge < -0.3 is 11.1 Å². The molecule has 0 bridgehead atoms. The summed E-state index contributed by atoms with van der Waals surface area (Å²) in [6.45, 7) is 2.04. The van der Waals surface area contributed by atoms with Crippen LogP contribution in [0.1, 0.15) is 39.0 Å². The second kappa shape index (κ2) is 7.12. The Labute approximate surface area is 107 Å². The molecule has 0 radical (unpaired) electrons. The van der Waals surface area contributed by atoms with E-state index in [0.29, 0.717) is 11.4 Å². The molecule has 16 heavy (non-hydrogen) atoms. The van der Waals surface area contributed by atoms with Crippen molar-refractivity contribution >= 4 is 34.9 Å². The van der Waals surface area contributed by atoms with Crippen molar-refractivity contribution in [2.45, 2.75) is 50.3 Å². The van der Waals surface area contributed by atoms with E-state index in [1.54, 1.807) is 11.8 Å². The van der Waals surface area contributed by atoms with Crippen LogP contribution in [0.2, 0.25) is 0 Å². The third kappa shape index (κ3) is 4.70. The van der Waals surface area contributed by atoms with Gasteiger partial charge >= 0.3 is 0 Å². The van der Waals surface area contributed by atoms with Crippen molar-refractivity contribution in [3.05, 3.63) is 0 Å². The Balaban J connectivity index is 2.38. The van der Waals surface area contributed by atoms with Crippen molar-refractivity contribution in [1.82, 2.24) is 5.32 Å². The van der Waals surface area contributed by atoms with Crippen LogP contribution in [0, 0.1) is 0 Å². The first kappa shape index (κ1) is 13.8. The molecule has 1 aliphatic heterocycles. The lowest BCUT2D eigenvalue weighted by Crippen LogP contribution is -2.42. The highest BCUT2D eigenvalue weighted by Gasteiger charge is 2.23. The Morgan fingerprint density at radius 1 is 1.62 bits per heavy atom. The van der Waals surface area contributed by atoms with Crippen LogP contribution in [0.3, 0.4) is 0 Å². The Morgan fingerprint density at radius 3 is 2.88 bits per heavy atom. The topological polar surface area (TPSA) is 55.1 Å². The van der Waals surface area contributed by atoms with Crippen molar-refractivity contribution in [3.63, 3.8) is 0 Å². The van der Waals surface area contributed by atoms with Crippen molar-refractivity contribution < 1.29 is 4.79 Å². The molecule has 0 spiro atoms. The maximum Gasteiger partial charge on any atom is 0.233 e. The predicted molar refractivity (Wildman–Crippen MR) is 73.7 cm³/mol. The molecule has 0 saturated carbocycles. The van der Waals surface area contributed by atoms with Gasteiger partial charge in [0.05, 0.1) is 10.2 Å². The van der Waals surface area contributed by atoms with Crippen molar-refractivity contribution in [1.29, 1.82) is 0 Å². The summed E-state index contributed by atoms with van der Waals surface area (Å²) in [4.78, 5) is 12.4. The number of thiocarbonyl (C=S) groups is 1. The summed E-state index contributed by atoms with van der Waals surface area (Å²) in [5, 5.41) is 3.17. The van der Waals surface area contributed by atoms with Crippen LogP contribution in [-0.4, -0.2) is 27.9 Å². The number of nitrogens with two attached hydrogens (primary N) is 1. The summed E-state index contributed by atoms with van der Waals surface area (Å²) in [6, 6.07) is 0.104. The van der Waals surface area contributed by atoms with Gasteiger partial charge in [0.25, 0.3) is 0 Å². The summed E-state index contributed by atoms with van der Waals surface area (Å²) >= 11 is 6.64. The average molecular weight is 260 g/mol. The molecule has 1 saturated heterocycles.